The van der Waals surface area contributed by atoms with Gasteiger partial charge in [-0.3, -0.25) is 0 Å². The average Bonchev–Trinajstić information content (AvgIpc) is 2.54. The van der Waals surface area contributed by atoms with Crippen molar-refractivity contribution in [2.45, 2.75) is 27.2 Å². The summed E-state index contributed by atoms with van der Waals surface area (Å²) in [4.78, 5) is 2.28. The zero-order chi connectivity index (χ0) is 17.3. The fraction of sp³-hybridized carbons (Fsp3) is 0.667. The molecule has 0 amide bonds. The fourth-order valence-corrected chi connectivity index (χ4v) is 5.80. The van der Waals surface area contributed by atoms with Gasteiger partial charge in [0.1, 0.15) is 0 Å². The molecule has 3 rings (SSSR count). The van der Waals surface area contributed by atoms with Crippen LogP contribution < -0.4 is 4.90 Å². The Bertz CT molecular complexity index is 659. The van der Waals surface area contributed by atoms with Crippen molar-refractivity contribution < 1.29 is 8.42 Å². The molecule has 2 aliphatic heterocycles. The molecular formula is C18H29N3O2S. The summed E-state index contributed by atoms with van der Waals surface area (Å²) in [6.07, 6.45) is 1.12. The van der Waals surface area contributed by atoms with E-state index in [4.69, 9.17) is 0 Å². The summed E-state index contributed by atoms with van der Waals surface area (Å²) in [6, 6.07) is 8.41. The summed E-state index contributed by atoms with van der Waals surface area (Å²) in [6.45, 7) is 10.3. The van der Waals surface area contributed by atoms with Gasteiger partial charge in [0, 0.05) is 45.0 Å². The standard InChI is InChI=1S/C18H29N3O2S/c1-15-5-4-6-18(12-15)19-7-9-20(10-8-19)24(22,23)21-13-16(2)11-17(3)14-21/h4-6,12,16-17H,7-11,13-14H2,1-3H3. The van der Waals surface area contributed by atoms with E-state index < -0.39 is 10.2 Å². The number of benzene rings is 1. The molecule has 0 radical (unpaired) electrons. The minimum absolute atomic E-state index is 0.442. The Labute approximate surface area is 146 Å². The van der Waals surface area contributed by atoms with Crippen LogP contribution in [0, 0.1) is 18.8 Å². The van der Waals surface area contributed by atoms with Crippen molar-refractivity contribution in [3.8, 4) is 0 Å². The van der Waals surface area contributed by atoms with Crippen LogP contribution in [0.1, 0.15) is 25.8 Å². The van der Waals surface area contributed by atoms with Crippen LogP contribution in [0.4, 0.5) is 5.69 Å². The predicted molar refractivity (Wildman–Crippen MR) is 98.4 cm³/mol. The second-order valence-corrected chi connectivity index (χ2v) is 9.42. The number of hydrogen-bond acceptors (Lipinski definition) is 3. The SMILES string of the molecule is Cc1cccc(N2CCN(S(=O)(=O)N3CC(C)CC(C)C3)CC2)c1. The Morgan fingerprint density at radius 2 is 1.58 bits per heavy atom. The lowest BCUT2D eigenvalue weighted by Crippen LogP contribution is -2.55. The number of nitrogens with zero attached hydrogens (tertiary/aromatic N) is 3. The van der Waals surface area contributed by atoms with E-state index >= 15 is 0 Å². The Morgan fingerprint density at radius 1 is 0.958 bits per heavy atom. The molecule has 134 valence electrons. The van der Waals surface area contributed by atoms with Crippen molar-refractivity contribution in [2.24, 2.45) is 11.8 Å². The van der Waals surface area contributed by atoms with Crippen LogP contribution in [-0.2, 0) is 10.2 Å². The van der Waals surface area contributed by atoms with Gasteiger partial charge in [0.15, 0.2) is 0 Å². The first-order chi connectivity index (χ1) is 11.4. The lowest BCUT2D eigenvalue weighted by atomic mass is 9.94. The minimum Gasteiger partial charge on any atom is -0.369 e. The molecule has 0 saturated carbocycles. The van der Waals surface area contributed by atoms with Gasteiger partial charge in [-0.25, -0.2) is 0 Å². The minimum atomic E-state index is -3.32. The maximum atomic E-state index is 13.0. The van der Waals surface area contributed by atoms with Gasteiger partial charge in [-0.15, -0.1) is 0 Å². The first kappa shape index (κ1) is 17.7. The smallest absolute Gasteiger partial charge is 0.282 e. The quantitative estimate of drug-likeness (QED) is 0.840. The number of hydrogen-bond donors (Lipinski definition) is 0. The maximum absolute atomic E-state index is 13.0. The second kappa shape index (κ2) is 7.02. The topological polar surface area (TPSA) is 43.9 Å². The molecule has 6 heteroatoms. The highest BCUT2D eigenvalue weighted by molar-refractivity contribution is 7.86. The van der Waals surface area contributed by atoms with Gasteiger partial charge in [0.05, 0.1) is 0 Å². The third-order valence-electron chi connectivity index (χ3n) is 5.09. The predicted octanol–water partition coefficient (Wildman–Crippen LogP) is 2.34. The third-order valence-corrected chi connectivity index (χ3v) is 7.06. The van der Waals surface area contributed by atoms with Crippen LogP contribution in [0.3, 0.4) is 0 Å². The molecule has 0 spiro atoms. The van der Waals surface area contributed by atoms with Gasteiger partial charge in [-0.05, 0) is 42.9 Å². The van der Waals surface area contributed by atoms with Crippen LogP contribution in [0.25, 0.3) is 0 Å². The van der Waals surface area contributed by atoms with Gasteiger partial charge in [-0.1, -0.05) is 26.0 Å². The Balaban J connectivity index is 1.65. The van der Waals surface area contributed by atoms with Crippen LogP contribution in [-0.4, -0.2) is 56.3 Å². The van der Waals surface area contributed by atoms with Crippen molar-refractivity contribution >= 4 is 15.9 Å². The summed E-state index contributed by atoms with van der Waals surface area (Å²) in [5.41, 5.74) is 2.42. The van der Waals surface area contributed by atoms with Gasteiger partial charge >= 0.3 is 0 Å². The van der Waals surface area contributed by atoms with E-state index in [0.717, 1.165) is 19.5 Å². The summed E-state index contributed by atoms with van der Waals surface area (Å²) < 4.78 is 29.3. The van der Waals surface area contributed by atoms with E-state index in [9.17, 15) is 8.42 Å². The van der Waals surface area contributed by atoms with Gasteiger partial charge < -0.3 is 4.90 Å². The lowest BCUT2D eigenvalue weighted by Gasteiger charge is -2.40. The van der Waals surface area contributed by atoms with Gasteiger partial charge in [-0.2, -0.15) is 17.0 Å². The highest BCUT2D eigenvalue weighted by Gasteiger charge is 2.36. The molecule has 5 nitrogen and oxygen atoms in total. The monoisotopic (exact) mass is 351 g/mol. The van der Waals surface area contributed by atoms with Crippen LogP contribution in [0.15, 0.2) is 24.3 Å². The molecule has 2 atom stereocenters. The first-order valence-corrected chi connectivity index (χ1v) is 10.3. The Morgan fingerprint density at radius 3 is 2.17 bits per heavy atom. The summed E-state index contributed by atoms with van der Waals surface area (Å²) in [7, 11) is -3.32. The lowest BCUT2D eigenvalue weighted by molar-refractivity contribution is 0.207. The summed E-state index contributed by atoms with van der Waals surface area (Å²) in [5.74, 6) is 0.884. The van der Waals surface area contributed by atoms with Crippen LogP contribution in [0.2, 0.25) is 0 Å². The molecule has 24 heavy (non-hydrogen) atoms. The molecule has 2 aliphatic rings. The number of anilines is 1. The zero-order valence-corrected chi connectivity index (χ0v) is 15.8. The molecule has 2 saturated heterocycles. The molecule has 0 bridgehead atoms. The van der Waals surface area contributed by atoms with E-state index in [0.29, 0.717) is 38.0 Å². The summed E-state index contributed by atoms with van der Waals surface area (Å²) in [5, 5.41) is 0. The van der Waals surface area contributed by atoms with E-state index in [1.807, 2.05) is 0 Å². The normalized spacial score (nSPS) is 27.4. The molecular weight excluding hydrogens is 322 g/mol. The Kier molecular flexibility index (Phi) is 5.18. The van der Waals surface area contributed by atoms with Crippen molar-refractivity contribution in [1.29, 1.82) is 0 Å². The Hall–Kier alpha value is -1.11. The largest absolute Gasteiger partial charge is 0.369 e. The maximum Gasteiger partial charge on any atom is 0.282 e. The van der Waals surface area contributed by atoms with Crippen molar-refractivity contribution in [2.75, 3.05) is 44.2 Å². The molecule has 1 aromatic rings. The van der Waals surface area contributed by atoms with E-state index in [1.165, 1.54) is 11.3 Å². The van der Waals surface area contributed by atoms with E-state index in [1.54, 1.807) is 8.61 Å². The second-order valence-electron chi connectivity index (χ2n) is 7.50. The van der Waals surface area contributed by atoms with Crippen LogP contribution in [0.5, 0.6) is 0 Å². The molecule has 0 aliphatic carbocycles. The van der Waals surface area contributed by atoms with Gasteiger partial charge in [0.2, 0.25) is 0 Å². The van der Waals surface area contributed by atoms with Crippen molar-refractivity contribution in [3.63, 3.8) is 0 Å². The average molecular weight is 352 g/mol. The van der Waals surface area contributed by atoms with Crippen LogP contribution >= 0.6 is 0 Å². The highest BCUT2D eigenvalue weighted by Crippen LogP contribution is 2.26. The van der Waals surface area contributed by atoms with Crippen molar-refractivity contribution in [3.05, 3.63) is 29.8 Å². The molecule has 0 aromatic heterocycles. The highest BCUT2D eigenvalue weighted by atomic mass is 32.2. The number of rotatable bonds is 3. The number of piperazine rings is 1. The molecule has 0 N–H and O–H groups in total. The first-order valence-electron chi connectivity index (χ1n) is 8.93. The molecule has 1 aromatic carbocycles. The number of aryl methyl sites for hydroxylation is 1. The third kappa shape index (κ3) is 3.76. The van der Waals surface area contributed by atoms with E-state index in [-0.39, 0.29) is 0 Å². The zero-order valence-electron chi connectivity index (χ0n) is 15.0. The van der Waals surface area contributed by atoms with E-state index in [2.05, 4.69) is 49.9 Å². The fourth-order valence-electron chi connectivity index (χ4n) is 3.96. The number of piperidine rings is 1. The molecule has 2 fully saturated rings. The molecule has 2 unspecified atom stereocenters. The van der Waals surface area contributed by atoms with Crippen molar-refractivity contribution in [1.82, 2.24) is 8.61 Å². The summed E-state index contributed by atoms with van der Waals surface area (Å²) >= 11 is 0. The molecule has 2 heterocycles. The van der Waals surface area contributed by atoms with Gasteiger partial charge in [0.25, 0.3) is 10.2 Å².